The molecule has 0 unspecified atom stereocenters. The van der Waals surface area contributed by atoms with E-state index in [0.29, 0.717) is 12.0 Å². The normalized spacial score (nSPS) is 34.6. The molecule has 154 valence electrons. The fourth-order valence-electron chi connectivity index (χ4n) is 5.76. The van der Waals surface area contributed by atoms with Gasteiger partial charge in [0.25, 0.3) is 6.02 Å². The van der Waals surface area contributed by atoms with Gasteiger partial charge in [-0.15, -0.1) is 0 Å². The van der Waals surface area contributed by atoms with Gasteiger partial charge in [0.15, 0.2) is 0 Å². The van der Waals surface area contributed by atoms with Gasteiger partial charge in [0.2, 0.25) is 0 Å². The van der Waals surface area contributed by atoms with Gasteiger partial charge in [0.05, 0.1) is 14.4 Å². The highest BCUT2D eigenvalue weighted by Crippen LogP contribution is 2.62. The third-order valence-electron chi connectivity index (χ3n) is 7.14. The molecule has 2 spiro atoms. The van der Waals surface area contributed by atoms with Gasteiger partial charge in [-0.25, -0.2) is 4.99 Å². The van der Waals surface area contributed by atoms with E-state index in [9.17, 15) is 5.26 Å². The summed E-state index contributed by atoms with van der Waals surface area (Å²) in [5.41, 5.74) is 8.32. The lowest BCUT2D eigenvalue weighted by Gasteiger charge is -2.47. The van der Waals surface area contributed by atoms with Crippen LogP contribution in [0, 0.1) is 22.7 Å². The summed E-state index contributed by atoms with van der Waals surface area (Å²) in [6.07, 6.45) is 6.46. The van der Waals surface area contributed by atoms with E-state index in [0.717, 1.165) is 41.5 Å². The Balaban J connectivity index is 1.69. The number of ether oxygens (including phenoxy) is 2. The molecule has 0 radical (unpaired) electrons. The van der Waals surface area contributed by atoms with Crippen molar-refractivity contribution in [3.8, 4) is 17.2 Å². The third kappa shape index (κ3) is 2.65. The van der Waals surface area contributed by atoms with E-state index in [1.54, 1.807) is 19.4 Å². The van der Waals surface area contributed by atoms with Gasteiger partial charge in [0, 0.05) is 30.5 Å². The highest BCUT2D eigenvalue weighted by atomic mass is 16.5. The number of amidine groups is 1. The maximum absolute atomic E-state index is 9.26. The quantitative estimate of drug-likeness (QED) is 0.826. The number of hydrogen-bond donors (Lipinski definition) is 1. The lowest BCUT2D eigenvalue weighted by atomic mass is 9.59. The fraction of sp³-hybridized carbons (Fsp3) is 0.458. The van der Waals surface area contributed by atoms with Crippen LogP contribution in [0.3, 0.4) is 0 Å². The van der Waals surface area contributed by atoms with Gasteiger partial charge in [-0.1, -0.05) is 19.1 Å². The number of pyridine rings is 1. The first-order chi connectivity index (χ1) is 15.2. The zero-order chi connectivity index (χ0) is 22.7. The molecule has 2 aliphatic carbocycles. The van der Waals surface area contributed by atoms with Crippen molar-refractivity contribution in [2.75, 3.05) is 13.7 Å². The average Bonchev–Trinajstić information content (AvgIpc) is 3.18. The molecule has 6 heteroatoms. The number of nitrogens with two attached hydrogens (primary N) is 1. The number of rotatable bonds is 2. The Morgan fingerprint density at radius 3 is 2.90 bits per heavy atom. The Morgan fingerprint density at radius 1 is 1.33 bits per heavy atom. The van der Waals surface area contributed by atoms with Crippen molar-refractivity contribution < 1.29 is 12.2 Å². The van der Waals surface area contributed by atoms with Crippen molar-refractivity contribution in [1.82, 2.24) is 4.98 Å². The van der Waals surface area contributed by atoms with Gasteiger partial charge in [-0.05, 0) is 60.4 Å². The number of nitriles is 1. The van der Waals surface area contributed by atoms with Gasteiger partial charge in [0.1, 0.15) is 18.2 Å². The first-order valence-electron chi connectivity index (χ1n) is 11.3. The van der Waals surface area contributed by atoms with E-state index >= 15 is 0 Å². The van der Waals surface area contributed by atoms with Crippen LogP contribution in [0.1, 0.15) is 45.6 Å². The summed E-state index contributed by atoms with van der Waals surface area (Å²) >= 11 is 0. The highest BCUT2D eigenvalue weighted by molar-refractivity contribution is 5.76. The largest absolute Gasteiger partial charge is 0.462 e. The number of aliphatic imine (C=N–C) groups is 1. The second kappa shape index (κ2) is 6.82. The molecule has 1 aromatic carbocycles. The standard InChI is InChI=1S/C24H26N4O2/c1-15-9-23(6-5-21(15)29-2)10-18-4-3-17(19-7-16(11-25)12-27-13-19)8-20(18)24(23)14-30-22(26)28-24/h3-4,7-8,12-13,15,21H,5-6,9-10,14H2,1-2H3,(H2,26,28)/t15-,21-,23-,24+/m0/s1/i14D2. The first-order valence-corrected chi connectivity index (χ1v) is 10.3. The molecule has 1 fully saturated rings. The van der Waals surface area contributed by atoms with Crippen LogP contribution in [0.5, 0.6) is 0 Å². The Morgan fingerprint density at radius 2 is 2.20 bits per heavy atom. The van der Waals surface area contributed by atoms with Crippen LogP contribution in [0.25, 0.3) is 11.1 Å². The molecule has 1 aromatic heterocycles. The molecular weight excluding hydrogens is 376 g/mol. The number of fused-ring (bicyclic) bond motifs is 3. The van der Waals surface area contributed by atoms with E-state index < -0.39 is 17.5 Å². The minimum atomic E-state index is -2.08. The predicted molar refractivity (Wildman–Crippen MR) is 114 cm³/mol. The van der Waals surface area contributed by atoms with Crippen LogP contribution in [0.15, 0.2) is 41.7 Å². The van der Waals surface area contributed by atoms with Crippen molar-refractivity contribution in [1.29, 1.82) is 5.26 Å². The number of benzene rings is 1. The molecule has 1 saturated carbocycles. The maximum atomic E-state index is 9.26. The minimum Gasteiger partial charge on any atom is -0.462 e. The number of aromatic nitrogens is 1. The molecule has 0 bridgehead atoms. The van der Waals surface area contributed by atoms with E-state index in [1.807, 2.05) is 18.2 Å². The molecule has 2 N–H and O–H groups in total. The number of methoxy groups -OCH3 is 1. The number of nitrogens with zero attached hydrogens (tertiary/aromatic N) is 3. The van der Waals surface area contributed by atoms with Crippen LogP contribution in [0.2, 0.25) is 0 Å². The van der Waals surface area contributed by atoms with Crippen LogP contribution in [-0.2, 0) is 21.4 Å². The Kier molecular flexibility index (Phi) is 3.83. The molecule has 3 aliphatic rings. The molecule has 0 saturated heterocycles. The van der Waals surface area contributed by atoms with Crippen molar-refractivity contribution >= 4 is 6.02 Å². The average molecular weight is 405 g/mol. The lowest BCUT2D eigenvalue weighted by molar-refractivity contribution is -0.0445. The Labute approximate surface area is 179 Å². The van der Waals surface area contributed by atoms with Crippen LogP contribution < -0.4 is 5.73 Å². The lowest BCUT2D eigenvalue weighted by Crippen LogP contribution is -2.48. The predicted octanol–water partition coefficient (Wildman–Crippen LogP) is 3.54. The van der Waals surface area contributed by atoms with Gasteiger partial charge in [-0.2, -0.15) is 5.26 Å². The molecule has 0 amide bonds. The molecule has 4 atom stereocenters. The van der Waals surface area contributed by atoms with E-state index in [4.69, 9.17) is 22.9 Å². The Bertz CT molecular complexity index is 1160. The van der Waals surface area contributed by atoms with E-state index in [2.05, 4.69) is 18.0 Å². The molecule has 2 aromatic rings. The highest BCUT2D eigenvalue weighted by Gasteiger charge is 2.62. The maximum Gasteiger partial charge on any atom is 0.283 e. The van der Waals surface area contributed by atoms with Gasteiger partial charge < -0.3 is 15.2 Å². The van der Waals surface area contributed by atoms with Gasteiger partial charge in [-0.3, -0.25) is 4.98 Å². The summed E-state index contributed by atoms with van der Waals surface area (Å²) in [5.74, 6) is 0.253. The first kappa shape index (κ1) is 16.8. The summed E-state index contributed by atoms with van der Waals surface area (Å²) < 4.78 is 29.0. The van der Waals surface area contributed by atoms with Crippen LogP contribution in [-0.4, -0.2) is 30.8 Å². The van der Waals surface area contributed by atoms with Crippen molar-refractivity contribution in [3.63, 3.8) is 0 Å². The van der Waals surface area contributed by atoms with Crippen molar-refractivity contribution in [3.05, 3.63) is 53.3 Å². The van der Waals surface area contributed by atoms with Crippen LogP contribution >= 0.6 is 0 Å². The molecule has 30 heavy (non-hydrogen) atoms. The topological polar surface area (TPSA) is 93.5 Å². The summed E-state index contributed by atoms with van der Waals surface area (Å²) in [4.78, 5) is 8.92. The van der Waals surface area contributed by atoms with Crippen LogP contribution in [0.4, 0.5) is 0 Å². The SMILES string of the molecule is [2H]C1([2H])OC(N)=N[C@@]12c1cc(-c3cncc(C#N)c3)ccc1C[C@@]21CC[C@H](OC)[C@@H](C)C1. The minimum absolute atomic E-state index is 0.109. The monoisotopic (exact) mass is 404 g/mol. The summed E-state index contributed by atoms with van der Waals surface area (Å²) in [6.45, 7) is 0.0854. The molecule has 5 rings (SSSR count). The third-order valence-corrected chi connectivity index (χ3v) is 7.14. The number of hydrogen-bond acceptors (Lipinski definition) is 6. The smallest absolute Gasteiger partial charge is 0.283 e. The summed E-state index contributed by atoms with van der Waals surface area (Å²) in [7, 11) is 1.74. The van der Waals surface area contributed by atoms with E-state index in [-0.39, 0.29) is 18.0 Å². The molecular formula is C24H26N4O2. The van der Waals surface area contributed by atoms with Gasteiger partial charge >= 0.3 is 0 Å². The van der Waals surface area contributed by atoms with Crippen molar-refractivity contribution in [2.45, 2.75) is 44.2 Å². The second-order valence-corrected chi connectivity index (χ2v) is 8.76. The zero-order valence-electron chi connectivity index (χ0n) is 19.2. The summed E-state index contributed by atoms with van der Waals surface area (Å²) in [5, 5.41) is 9.26. The van der Waals surface area contributed by atoms with E-state index in [1.165, 1.54) is 6.20 Å². The fourth-order valence-corrected chi connectivity index (χ4v) is 5.76. The molecule has 2 heterocycles. The molecule has 6 nitrogen and oxygen atoms in total. The van der Waals surface area contributed by atoms with Crippen molar-refractivity contribution in [2.24, 2.45) is 22.1 Å². The Hall–Kier alpha value is -2.91. The second-order valence-electron chi connectivity index (χ2n) is 8.76. The zero-order valence-corrected chi connectivity index (χ0v) is 17.2. The summed E-state index contributed by atoms with van der Waals surface area (Å²) in [6, 6.07) is 9.84. The molecule has 1 aliphatic heterocycles.